The zero-order chi connectivity index (χ0) is 10.3. The lowest BCUT2D eigenvalue weighted by atomic mass is 9.87. The molecular formula is C12H16N2. The molecule has 0 spiro atoms. The van der Waals surface area contributed by atoms with Crippen molar-refractivity contribution in [2.75, 3.05) is 0 Å². The molecule has 0 unspecified atom stereocenters. The molecule has 2 nitrogen and oxygen atoms in total. The van der Waals surface area contributed by atoms with Crippen molar-refractivity contribution in [2.24, 2.45) is 0 Å². The van der Waals surface area contributed by atoms with E-state index in [-0.39, 0.29) is 5.41 Å². The highest BCUT2D eigenvalue weighted by atomic mass is 15.0. The molecule has 2 heteroatoms. The van der Waals surface area contributed by atoms with Gasteiger partial charge in [-0.25, -0.2) is 4.98 Å². The molecule has 0 bridgehead atoms. The molecule has 2 rings (SSSR count). The number of hydrogen-bond donors (Lipinski definition) is 0. The van der Waals surface area contributed by atoms with Crippen LogP contribution in [0.4, 0.5) is 0 Å². The molecule has 2 aromatic rings. The summed E-state index contributed by atoms with van der Waals surface area (Å²) in [7, 11) is 0. The highest BCUT2D eigenvalue weighted by molar-refractivity contribution is 5.52. The molecule has 74 valence electrons. The molecule has 2 aromatic heterocycles. The molecule has 0 aromatic carbocycles. The molecule has 0 aliphatic carbocycles. The summed E-state index contributed by atoms with van der Waals surface area (Å²) < 4.78 is 2.09. The molecule has 0 atom stereocenters. The molecule has 0 aliphatic rings. The third-order valence-electron chi connectivity index (χ3n) is 2.43. The lowest BCUT2D eigenvalue weighted by molar-refractivity contribution is 0.591. The maximum Gasteiger partial charge on any atom is 0.140 e. The smallest absolute Gasteiger partial charge is 0.140 e. The second kappa shape index (κ2) is 2.84. The van der Waals surface area contributed by atoms with E-state index < -0.39 is 0 Å². The standard InChI is InChI=1S/C12H16N2/c1-9-7-10(12(2,3)4)11-13-5-6-14(11)8-9/h5-8H,1-4H3. The van der Waals surface area contributed by atoms with Crippen LogP contribution in [0.15, 0.2) is 24.7 Å². The average molecular weight is 188 g/mol. The van der Waals surface area contributed by atoms with Crippen molar-refractivity contribution in [1.29, 1.82) is 0 Å². The van der Waals surface area contributed by atoms with E-state index in [1.807, 2.05) is 12.4 Å². The summed E-state index contributed by atoms with van der Waals surface area (Å²) in [6.07, 6.45) is 5.96. The fourth-order valence-corrected chi connectivity index (χ4v) is 1.73. The SMILES string of the molecule is Cc1cc(C(C)(C)C)c2nccn2c1. The van der Waals surface area contributed by atoms with E-state index in [9.17, 15) is 0 Å². The van der Waals surface area contributed by atoms with Crippen molar-refractivity contribution >= 4 is 5.65 Å². The Morgan fingerprint density at radius 1 is 1.29 bits per heavy atom. The van der Waals surface area contributed by atoms with Crippen LogP contribution >= 0.6 is 0 Å². The van der Waals surface area contributed by atoms with Crippen LogP contribution in [0.1, 0.15) is 31.9 Å². The molecule has 0 aliphatic heterocycles. The normalized spacial score (nSPS) is 12.3. The number of pyridine rings is 1. The fourth-order valence-electron chi connectivity index (χ4n) is 1.73. The number of nitrogens with zero attached hydrogens (tertiary/aromatic N) is 2. The number of rotatable bonds is 0. The molecule has 0 N–H and O–H groups in total. The van der Waals surface area contributed by atoms with Gasteiger partial charge in [0.15, 0.2) is 0 Å². The van der Waals surface area contributed by atoms with Crippen molar-refractivity contribution in [3.63, 3.8) is 0 Å². The number of fused-ring (bicyclic) bond motifs is 1. The first-order chi connectivity index (χ1) is 6.48. The van der Waals surface area contributed by atoms with Gasteiger partial charge in [-0.3, -0.25) is 0 Å². The van der Waals surface area contributed by atoms with Gasteiger partial charge >= 0.3 is 0 Å². The van der Waals surface area contributed by atoms with Gasteiger partial charge in [0.1, 0.15) is 5.65 Å². The van der Waals surface area contributed by atoms with Gasteiger partial charge in [-0.05, 0) is 17.9 Å². The van der Waals surface area contributed by atoms with Gasteiger partial charge in [-0.2, -0.15) is 0 Å². The summed E-state index contributed by atoms with van der Waals surface area (Å²) in [6, 6.07) is 2.22. The lowest BCUT2D eigenvalue weighted by Crippen LogP contribution is -2.13. The van der Waals surface area contributed by atoms with Gasteiger partial charge in [-0.15, -0.1) is 0 Å². The Bertz CT molecular complexity index is 461. The van der Waals surface area contributed by atoms with Crippen LogP contribution < -0.4 is 0 Å². The molecule has 0 fully saturated rings. The van der Waals surface area contributed by atoms with Crippen LogP contribution in [0, 0.1) is 6.92 Å². The van der Waals surface area contributed by atoms with E-state index in [2.05, 4.69) is 49.3 Å². The van der Waals surface area contributed by atoms with Gasteiger partial charge in [-0.1, -0.05) is 26.8 Å². The van der Waals surface area contributed by atoms with E-state index in [0.717, 1.165) is 5.65 Å². The minimum absolute atomic E-state index is 0.151. The summed E-state index contributed by atoms with van der Waals surface area (Å²) in [4.78, 5) is 4.39. The molecule has 0 saturated heterocycles. The number of imidazole rings is 1. The third kappa shape index (κ3) is 1.41. The molecular weight excluding hydrogens is 172 g/mol. The summed E-state index contributed by atoms with van der Waals surface area (Å²) in [5, 5.41) is 0. The zero-order valence-corrected chi connectivity index (χ0v) is 9.20. The van der Waals surface area contributed by atoms with Crippen molar-refractivity contribution in [3.05, 3.63) is 35.8 Å². The summed E-state index contributed by atoms with van der Waals surface area (Å²) in [5.74, 6) is 0. The van der Waals surface area contributed by atoms with Crippen molar-refractivity contribution in [3.8, 4) is 0 Å². The summed E-state index contributed by atoms with van der Waals surface area (Å²) in [6.45, 7) is 8.78. The number of aromatic nitrogens is 2. The number of aryl methyl sites for hydroxylation is 1. The summed E-state index contributed by atoms with van der Waals surface area (Å²) in [5.41, 5.74) is 3.81. The number of hydrogen-bond acceptors (Lipinski definition) is 1. The third-order valence-corrected chi connectivity index (χ3v) is 2.43. The summed E-state index contributed by atoms with van der Waals surface area (Å²) >= 11 is 0. The minimum Gasteiger partial charge on any atom is -0.307 e. The lowest BCUT2D eigenvalue weighted by Gasteiger charge is -2.20. The molecule has 2 heterocycles. The monoisotopic (exact) mass is 188 g/mol. The van der Waals surface area contributed by atoms with E-state index in [4.69, 9.17) is 0 Å². The van der Waals surface area contributed by atoms with Gasteiger partial charge in [0.2, 0.25) is 0 Å². The van der Waals surface area contributed by atoms with Gasteiger partial charge in [0.25, 0.3) is 0 Å². The Labute approximate surface area is 84.6 Å². The molecule has 14 heavy (non-hydrogen) atoms. The maximum absolute atomic E-state index is 4.39. The molecule has 0 radical (unpaired) electrons. The largest absolute Gasteiger partial charge is 0.307 e. The van der Waals surface area contributed by atoms with E-state index >= 15 is 0 Å². The van der Waals surface area contributed by atoms with Crippen molar-refractivity contribution < 1.29 is 0 Å². The molecule has 0 saturated carbocycles. The van der Waals surface area contributed by atoms with Crippen LogP contribution in [0.25, 0.3) is 5.65 Å². The van der Waals surface area contributed by atoms with Crippen molar-refractivity contribution in [1.82, 2.24) is 9.38 Å². The van der Waals surface area contributed by atoms with Crippen LogP contribution in [0.3, 0.4) is 0 Å². The highest BCUT2D eigenvalue weighted by Crippen LogP contribution is 2.26. The van der Waals surface area contributed by atoms with Gasteiger partial charge < -0.3 is 4.40 Å². The second-order valence-electron chi connectivity index (χ2n) is 4.84. The Morgan fingerprint density at radius 3 is 2.64 bits per heavy atom. The average Bonchev–Trinajstić information content (AvgIpc) is 2.47. The Kier molecular flexibility index (Phi) is 1.88. The van der Waals surface area contributed by atoms with Gasteiger partial charge in [0, 0.05) is 24.2 Å². The fraction of sp³-hybridized carbons (Fsp3) is 0.417. The highest BCUT2D eigenvalue weighted by Gasteiger charge is 2.18. The van der Waals surface area contributed by atoms with Crippen LogP contribution in [-0.4, -0.2) is 9.38 Å². The van der Waals surface area contributed by atoms with Crippen LogP contribution in [0.5, 0.6) is 0 Å². The topological polar surface area (TPSA) is 17.3 Å². The predicted molar refractivity (Wildman–Crippen MR) is 58.6 cm³/mol. The quantitative estimate of drug-likeness (QED) is 0.621. The Hall–Kier alpha value is -1.31. The first-order valence-corrected chi connectivity index (χ1v) is 4.92. The van der Waals surface area contributed by atoms with Crippen LogP contribution in [-0.2, 0) is 5.41 Å². The van der Waals surface area contributed by atoms with Crippen molar-refractivity contribution in [2.45, 2.75) is 33.1 Å². The minimum atomic E-state index is 0.151. The zero-order valence-electron chi connectivity index (χ0n) is 9.20. The first kappa shape index (κ1) is 9.25. The Balaban J connectivity index is 2.80. The Morgan fingerprint density at radius 2 is 2.00 bits per heavy atom. The van der Waals surface area contributed by atoms with E-state index in [0.29, 0.717) is 0 Å². The molecule has 0 amide bonds. The van der Waals surface area contributed by atoms with E-state index in [1.54, 1.807) is 0 Å². The first-order valence-electron chi connectivity index (χ1n) is 4.92. The van der Waals surface area contributed by atoms with E-state index in [1.165, 1.54) is 11.1 Å². The van der Waals surface area contributed by atoms with Gasteiger partial charge in [0.05, 0.1) is 0 Å². The second-order valence-corrected chi connectivity index (χ2v) is 4.84. The predicted octanol–water partition coefficient (Wildman–Crippen LogP) is 2.94. The maximum atomic E-state index is 4.39. The van der Waals surface area contributed by atoms with Crippen LogP contribution in [0.2, 0.25) is 0 Å².